The van der Waals surface area contributed by atoms with E-state index < -0.39 is 5.91 Å². The van der Waals surface area contributed by atoms with Gasteiger partial charge in [-0.15, -0.1) is 0 Å². The van der Waals surface area contributed by atoms with E-state index in [1.807, 2.05) is 0 Å². The van der Waals surface area contributed by atoms with Gasteiger partial charge in [0.25, 0.3) is 0 Å². The number of rotatable bonds is 5. The summed E-state index contributed by atoms with van der Waals surface area (Å²) in [5.74, 6) is 1.92. The lowest BCUT2D eigenvalue weighted by Crippen LogP contribution is -2.49. The summed E-state index contributed by atoms with van der Waals surface area (Å²) in [5.41, 5.74) is 5.36. The van der Waals surface area contributed by atoms with Crippen molar-refractivity contribution in [2.24, 2.45) is 23.5 Å². The molecule has 3 atom stereocenters. The van der Waals surface area contributed by atoms with E-state index in [4.69, 9.17) is 5.73 Å². The summed E-state index contributed by atoms with van der Waals surface area (Å²) in [6, 6.07) is 0.185. The first-order valence-electron chi connectivity index (χ1n) is 8.42. The van der Waals surface area contributed by atoms with E-state index in [1.165, 1.54) is 25.7 Å². The number of hydrogen-bond acceptors (Lipinski definition) is 3. The van der Waals surface area contributed by atoms with E-state index >= 15 is 0 Å². The maximum absolute atomic E-state index is 12.7. The average Bonchev–Trinajstić information content (AvgIpc) is 3.08. The molecule has 1 saturated heterocycles. The number of carbonyl (C=O) groups is 2. The molecule has 2 aliphatic carbocycles. The van der Waals surface area contributed by atoms with Gasteiger partial charge in [0, 0.05) is 12.5 Å². The number of amides is 2. The van der Waals surface area contributed by atoms with Gasteiger partial charge in [-0.25, -0.2) is 0 Å². The van der Waals surface area contributed by atoms with E-state index in [0.717, 1.165) is 37.8 Å². The maximum atomic E-state index is 12.7. The van der Waals surface area contributed by atoms with Crippen molar-refractivity contribution < 1.29 is 9.59 Å². The molecule has 1 aliphatic heterocycles. The summed E-state index contributed by atoms with van der Waals surface area (Å²) < 4.78 is 0. The van der Waals surface area contributed by atoms with Gasteiger partial charge in [0.05, 0.1) is 6.54 Å². The molecule has 3 rings (SSSR count). The molecule has 1 heterocycles. The molecule has 118 valence electrons. The highest BCUT2D eigenvalue weighted by atomic mass is 16.2. The molecule has 21 heavy (non-hydrogen) atoms. The van der Waals surface area contributed by atoms with E-state index in [1.54, 1.807) is 4.90 Å². The number of nitrogens with zero attached hydrogens (tertiary/aromatic N) is 1. The average molecular weight is 293 g/mol. The Morgan fingerprint density at radius 1 is 1.10 bits per heavy atom. The van der Waals surface area contributed by atoms with Crippen LogP contribution in [0, 0.1) is 17.8 Å². The van der Waals surface area contributed by atoms with Crippen LogP contribution in [0.15, 0.2) is 0 Å². The van der Waals surface area contributed by atoms with Crippen molar-refractivity contribution in [3.05, 3.63) is 0 Å². The van der Waals surface area contributed by atoms with E-state index in [0.29, 0.717) is 12.3 Å². The minimum Gasteiger partial charge on any atom is -0.368 e. The second-order valence-corrected chi connectivity index (χ2v) is 7.11. The van der Waals surface area contributed by atoms with Crippen molar-refractivity contribution in [1.82, 2.24) is 10.2 Å². The molecule has 0 spiro atoms. The van der Waals surface area contributed by atoms with Crippen LogP contribution in [-0.4, -0.2) is 42.4 Å². The van der Waals surface area contributed by atoms with Gasteiger partial charge in [-0.2, -0.15) is 0 Å². The third-order valence-electron chi connectivity index (χ3n) is 5.72. The number of carbonyl (C=O) groups excluding carboxylic acids is 2. The molecule has 0 aromatic rings. The number of nitrogens with one attached hydrogen (secondary N) is 1. The van der Waals surface area contributed by atoms with Crippen LogP contribution in [-0.2, 0) is 9.59 Å². The Kier molecular flexibility index (Phi) is 4.48. The zero-order valence-corrected chi connectivity index (χ0v) is 12.7. The van der Waals surface area contributed by atoms with Crippen molar-refractivity contribution in [3.63, 3.8) is 0 Å². The van der Waals surface area contributed by atoms with Gasteiger partial charge in [-0.3, -0.25) is 9.59 Å². The highest BCUT2D eigenvalue weighted by Crippen LogP contribution is 2.49. The Labute approximate surface area is 126 Å². The Balaban J connectivity index is 1.61. The summed E-state index contributed by atoms with van der Waals surface area (Å²) in [6.07, 6.45) is 7.67. The molecule has 0 aromatic carbocycles. The second kappa shape index (κ2) is 6.34. The molecule has 5 heteroatoms. The van der Waals surface area contributed by atoms with Crippen LogP contribution in [0.1, 0.15) is 44.9 Å². The summed E-state index contributed by atoms with van der Waals surface area (Å²) in [5, 5.41) is 3.30. The fourth-order valence-corrected chi connectivity index (χ4v) is 4.68. The van der Waals surface area contributed by atoms with Crippen LogP contribution in [0.4, 0.5) is 0 Å². The predicted molar refractivity (Wildman–Crippen MR) is 80.4 cm³/mol. The van der Waals surface area contributed by atoms with Gasteiger partial charge < -0.3 is 16.0 Å². The molecule has 2 saturated carbocycles. The molecule has 3 fully saturated rings. The van der Waals surface area contributed by atoms with Gasteiger partial charge >= 0.3 is 0 Å². The smallest absolute Gasteiger partial charge is 0.237 e. The van der Waals surface area contributed by atoms with Gasteiger partial charge in [0.1, 0.15) is 0 Å². The molecule has 3 N–H and O–H groups in total. The fourth-order valence-electron chi connectivity index (χ4n) is 4.68. The molecule has 0 radical (unpaired) electrons. The van der Waals surface area contributed by atoms with Gasteiger partial charge in [0.2, 0.25) is 11.8 Å². The Hall–Kier alpha value is -1.10. The predicted octanol–water partition coefficient (Wildman–Crippen LogP) is 0.879. The third kappa shape index (κ3) is 3.39. The zero-order chi connectivity index (χ0) is 14.8. The number of hydrogen-bond donors (Lipinski definition) is 2. The molecule has 3 aliphatic rings. The van der Waals surface area contributed by atoms with Crippen LogP contribution in [0.2, 0.25) is 0 Å². The first-order valence-corrected chi connectivity index (χ1v) is 8.42. The summed E-state index contributed by atoms with van der Waals surface area (Å²) in [4.78, 5) is 25.8. The standard InChI is InChI=1S/C16H27N3O2/c17-15(20)10-19(14-3-5-18-6-4-14)16(21)9-13-8-11-1-2-12(13)7-11/h11-14,18H,1-10H2,(H2,17,20). The van der Waals surface area contributed by atoms with Gasteiger partial charge in [-0.1, -0.05) is 6.42 Å². The SMILES string of the molecule is NC(=O)CN(C(=O)CC1CC2CCC1C2)C1CCNCC1. The highest BCUT2D eigenvalue weighted by molar-refractivity contribution is 5.84. The van der Waals surface area contributed by atoms with Crippen molar-refractivity contribution in [1.29, 1.82) is 0 Å². The van der Waals surface area contributed by atoms with Crippen LogP contribution < -0.4 is 11.1 Å². The zero-order valence-electron chi connectivity index (χ0n) is 12.7. The molecule has 2 bridgehead atoms. The third-order valence-corrected chi connectivity index (χ3v) is 5.72. The first-order chi connectivity index (χ1) is 10.1. The number of nitrogens with two attached hydrogens (primary N) is 1. The Morgan fingerprint density at radius 3 is 2.43 bits per heavy atom. The summed E-state index contributed by atoms with van der Waals surface area (Å²) >= 11 is 0. The largest absolute Gasteiger partial charge is 0.368 e. The van der Waals surface area contributed by atoms with E-state index in [-0.39, 0.29) is 18.5 Å². The quantitative estimate of drug-likeness (QED) is 0.790. The van der Waals surface area contributed by atoms with Crippen LogP contribution in [0.3, 0.4) is 0 Å². The molecule has 3 unspecified atom stereocenters. The van der Waals surface area contributed by atoms with Crippen LogP contribution in [0.25, 0.3) is 0 Å². The fraction of sp³-hybridized carbons (Fsp3) is 0.875. The highest BCUT2D eigenvalue weighted by Gasteiger charge is 2.41. The summed E-state index contributed by atoms with van der Waals surface area (Å²) in [6.45, 7) is 1.92. The van der Waals surface area contributed by atoms with Crippen molar-refractivity contribution in [3.8, 4) is 0 Å². The summed E-state index contributed by atoms with van der Waals surface area (Å²) in [7, 11) is 0. The van der Waals surface area contributed by atoms with Crippen LogP contribution in [0.5, 0.6) is 0 Å². The molecule has 0 aromatic heterocycles. The minimum atomic E-state index is -0.394. The number of primary amides is 1. The van der Waals surface area contributed by atoms with E-state index in [2.05, 4.69) is 5.32 Å². The van der Waals surface area contributed by atoms with E-state index in [9.17, 15) is 9.59 Å². The van der Waals surface area contributed by atoms with Crippen LogP contribution >= 0.6 is 0 Å². The van der Waals surface area contributed by atoms with Crippen molar-refractivity contribution >= 4 is 11.8 Å². The normalized spacial score (nSPS) is 32.3. The lowest BCUT2D eigenvalue weighted by atomic mass is 9.86. The molecule has 5 nitrogen and oxygen atoms in total. The van der Waals surface area contributed by atoms with Crippen molar-refractivity contribution in [2.45, 2.75) is 51.0 Å². The molecular formula is C16H27N3O2. The Bertz CT molecular complexity index is 406. The molecular weight excluding hydrogens is 266 g/mol. The number of fused-ring (bicyclic) bond motifs is 2. The minimum absolute atomic E-state index is 0.0876. The maximum Gasteiger partial charge on any atom is 0.237 e. The topological polar surface area (TPSA) is 75.4 Å². The van der Waals surface area contributed by atoms with Gasteiger partial charge in [0.15, 0.2) is 0 Å². The lowest BCUT2D eigenvalue weighted by Gasteiger charge is -2.35. The van der Waals surface area contributed by atoms with Crippen molar-refractivity contribution in [2.75, 3.05) is 19.6 Å². The molecule has 2 amide bonds. The van der Waals surface area contributed by atoms with Gasteiger partial charge in [-0.05, 0) is 62.9 Å². The Morgan fingerprint density at radius 2 is 1.86 bits per heavy atom. The monoisotopic (exact) mass is 293 g/mol. The second-order valence-electron chi connectivity index (χ2n) is 7.11. The number of piperidine rings is 1. The first kappa shape index (κ1) is 14.8. The lowest BCUT2D eigenvalue weighted by molar-refractivity contribution is -0.139.